The Morgan fingerprint density at radius 1 is 1.10 bits per heavy atom. The SMILES string of the molecule is CCCCOC(=O)N1CCc2c(n(C)c3cc(-n4ccc(OCc5ncc(F)cc5F)cc4=O)ccc23)CC1. The summed E-state index contributed by atoms with van der Waals surface area (Å²) in [6.07, 6.45) is 5.54. The molecule has 0 fully saturated rings. The maximum atomic E-state index is 13.8. The molecule has 5 rings (SSSR count). The van der Waals surface area contributed by atoms with E-state index in [1.807, 2.05) is 25.2 Å². The Balaban J connectivity index is 1.33. The van der Waals surface area contributed by atoms with Crippen molar-refractivity contribution in [3.63, 3.8) is 0 Å². The van der Waals surface area contributed by atoms with Gasteiger partial charge >= 0.3 is 6.09 Å². The third-order valence-electron chi connectivity index (χ3n) is 7.08. The third-order valence-corrected chi connectivity index (χ3v) is 7.08. The lowest BCUT2D eigenvalue weighted by molar-refractivity contribution is 0.103. The Morgan fingerprint density at radius 2 is 1.92 bits per heavy atom. The lowest BCUT2D eigenvalue weighted by Gasteiger charge is -2.20. The number of aryl methyl sites for hydroxylation is 1. The Morgan fingerprint density at radius 3 is 2.69 bits per heavy atom. The van der Waals surface area contributed by atoms with Crippen molar-refractivity contribution in [1.29, 1.82) is 0 Å². The van der Waals surface area contributed by atoms with Crippen LogP contribution in [0.4, 0.5) is 13.6 Å². The maximum Gasteiger partial charge on any atom is 0.409 e. The van der Waals surface area contributed by atoms with Gasteiger partial charge in [0.1, 0.15) is 23.9 Å². The second-order valence-electron chi connectivity index (χ2n) is 9.58. The van der Waals surface area contributed by atoms with Gasteiger partial charge in [-0.25, -0.2) is 13.6 Å². The molecule has 0 radical (unpaired) electrons. The summed E-state index contributed by atoms with van der Waals surface area (Å²) in [7, 11) is 2.00. The maximum absolute atomic E-state index is 13.8. The molecule has 0 saturated carbocycles. The van der Waals surface area contributed by atoms with E-state index in [9.17, 15) is 18.4 Å². The number of carbonyl (C=O) groups excluding carboxylic acids is 1. The molecule has 1 amide bonds. The molecule has 0 bridgehead atoms. The smallest absolute Gasteiger partial charge is 0.409 e. The highest BCUT2D eigenvalue weighted by Crippen LogP contribution is 2.30. The number of aromatic nitrogens is 3. The summed E-state index contributed by atoms with van der Waals surface area (Å²) in [5, 5.41) is 1.10. The molecule has 204 valence electrons. The molecule has 0 spiro atoms. The minimum Gasteiger partial charge on any atom is -0.487 e. The first-order valence-corrected chi connectivity index (χ1v) is 13.0. The van der Waals surface area contributed by atoms with Gasteiger partial charge < -0.3 is 18.9 Å². The van der Waals surface area contributed by atoms with Crippen LogP contribution in [-0.4, -0.2) is 44.8 Å². The summed E-state index contributed by atoms with van der Waals surface area (Å²) in [6.45, 7) is 3.46. The largest absolute Gasteiger partial charge is 0.487 e. The highest BCUT2D eigenvalue weighted by atomic mass is 19.1. The van der Waals surface area contributed by atoms with Crippen molar-refractivity contribution in [3.8, 4) is 11.4 Å². The van der Waals surface area contributed by atoms with Crippen molar-refractivity contribution in [2.24, 2.45) is 7.05 Å². The molecule has 10 heteroatoms. The number of halogens is 2. The normalized spacial score (nSPS) is 13.3. The average Bonchev–Trinajstić information content (AvgIpc) is 3.05. The van der Waals surface area contributed by atoms with Crippen LogP contribution in [0.3, 0.4) is 0 Å². The Kier molecular flexibility index (Phi) is 7.63. The van der Waals surface area contributed by atoms with Gasteiger partial charge in [0.2, 0.25) is 0 Å². The van der Waals surface area contributed by atoms with E-state index in [1.54, 1.807) is 17.2 Å². The van der Waals surface area contributed by atoms with E-state index in [0.717, 1.165) is 42.4 Å². The number of carbonyl (C=O) groups is 1. The van der Waals surface area contributed by atoms with E-state index in [0.29, 0.717) is 31.8 Å². The van der Waals surface area contributed by atoms with Crippen molar-refractivity contribution < 1.29 is 23.0 Å². The van der Waals surface area contributed by atoms with E-state index < -0.39 is 11.6 Å². The summed E-state index contributed by atoms with van der Waals surface area (Å²) in [5.41, 5.74) is 3.71. The molecular formula is C29H30F2N4O4. The molecule has 0 N–H and O–H groups in total. The number of fused-ring (bicyclic) bond motifs is 3. The fraction of sp³-hybridized carbons (Fsp3) is 0.345. The van der Waals surface area contributed by atoms with Crippen molar-refractivity contribution in [2.75, 3.05) is 19.7 Å². The van der Waals surface area contributed by atoms with Crippen LogP contribution >= 0.6 is 0 Å². The highest BCUT2D eigenvalue weighted by molar-refractivity contribution is 5.87. The van der Waals surface area contributed by atoms with E-state index in [1.165, 1.54) is 21.9 Å². The molecule has 0 saturated heterocycles. The van der Waals surface area contributed by atoms with Gasteiger partial charge in [-0.05, 0) is 36.6 Å². The predicted molar refractivity (Wildman–Crippen MR) is 142 cm³/mol. The van der Waals surface area contributed by atoms with Crippen LogP contribution in [0.5, 0.6) is 5.75 Å². The fourth-order valence-electron chi connectivity index (χ4n) is 4.95. The quantitative estimate of drug-likeness (QED) is 0.314. The zero-order chi connectivity index (χ0) is 27.5. The number of hydrogen-bond donors (Lipinski definition) is 0. The van der Waals surface area contributed by atoms with Crippen molar-refractivity contribution in [3.05, 3.63) is 87.7 Å². The minimum absolute atomic E-state index is 0.0500. The summed E-state index contributed by atoms with van der Waals surface area (Å²) < 4.78 is 41.4. The first-order chi connectivity index (χ1) is 18.9. The Hall–Kier alpha value is -4.21. The summed E-state index contributed by atoms with van der Waals surface area (Å²) >= 11 is 0. The highest BCUT2D eigenvalue weighted by Gasteiger charge is 2.24. The van der Waals surface area contributed by atoms with E-state index in [4.69, 9.17) is 9.47 Å². The third kappa shape index (κ3) is 5.50. The molecule has 4 aromatic rings. The van der Waals surface area contributed by atoms with Crippen LogP contribution in [0.2, 0.25) is 0 Å². The molecule has 39 heavy (non-hydrogen) atoms. The molecule has 1 aliphatic rings. The van der Waals surface area contributed by atoms with Gasteiger partial charge in [-0.15, -0.1) is 0 Å². The first-order valence-electron chi connectivity index (χ1n) is 13.0. The van der Waals surface area contributed by atoms with Crippen molar-refractivity contribution in [1.82, 2.24) is 19.0 Å². The topological polar surface area (TPSA) is 78.6 Å². The van der Waals surface area contributed by atoms with E-state index in [2.05, 4.69) is 16.5 Å². The fourth-order valence-corrected chi connectivity index (χ4v) is 4.95. The van der Waals surface area contributed by atoms with Crippen LogP contribution in [0.25, 0.3) is 16.6 Å². The summed E-state index contributed by atoms with van der Waals surface area (Å²) in [4.78, 5) is 30.8. The molecule has 8 nitrogen and oxygen atoms in total. The van der Waals surface area contributed by atoms with Crippen LogP contribution in [0.1, 0.15) is 36.7 Å². The Bertz CT molecular complexity index is 1580. The second kappa shape index (κ2) is 11.3. The standard InChI is InChI=1S/C29H30F2N4O4/c1-3-4-13-38-29(37)34-10-8-23-22-6-5-20(15-27(22)33(2)26(23)9-11-34)35-12-7-21(16-28(35)36)39-18-25-24(31)14-19(30)17-32-25/h5-7,12,14-17H,3-4,8-11,13,18H2,1-2H3. The van der Waals surface area contributed by atoms with E-state index >= 15 is 0 Å². The Labute approximate surface area is 224 Å². The zero-order valence-electron chi connectivity index (χ0n) is 22.0. The van der Waals surface area contributed by atoms with Gasteiger partial charge in [-0.3, -0.25) is 14.3 Å². The van der Waals surface area contributed by atoms with Gasteiger partial charge in [0.05, 0.1) is 24.0 Å². The second-order valence-corrected chi connectivity index (χ2v) is 9.58. The lowest BCUT2D eigenvalue weighted by Crippen LogP contribution is -2.34. The van der Waals surface area contributed by atoms with Crippen molar-refractivity contribution >= 4 is 17.0 Å². The van der Waals surface area contributed by atoms with Crippen LogP contribution < -0.4 is 10.3 Å². The summed E-state index contributed by atoms with van der Waals surface area (Å²) in [6, 6.07) is 9.55. The monoisotopic (exact) mass is 536 g/mol. The number of rotatable bonds is 7. The molecule has 1 aromatic carbocycles. The molecule has 0 aliphatic carbocycles. The van der Waals surface area contributed by atoms with Crippen LogP contribution in [-0.2, 0) is 31.2 Å². The number of amides is 1. The minimum atomic E-state index is -0.808. The molecule has 0 atom stereocenters. The number of hydrogen-bond acceptors (Lipinski definition) is 5. The van der Waals surface area contributed by atoms with Gasteiger partial charge in [0.25, 0.3) is 5.56 Å². The van der Waals surface area contributed by atoms with Gasteiger partial charge in [0, 0.05) is 56.0 Å². The molecule has 3 aromatic heterocycles. The number of nitrogens with zero attached hydrogens (tertiary/aromatic N) is 4. The lowest BCUT2D eigenvalue weighted by atomic mass is 10.1. The van der Waals surface area contributed by atoms with Crippen molar-refractivity contribution in [2.45, 2.75) is 39.2 Å². The summed E-state index contributed by atoms with van der Waals surface area (Å²) in [5.74, 6) is -1.32. The molecule has 4 heterocycles. The number of ether oxygens (including phenoxy) is 2. The number of benzene rings is 1. The van der Waals surface area contributed by atoms with E-state index in [-0.39, 0.29) is 29.7 Å². The number of pyridine rings is 2. The number of unbranched alkanes of at least 4 members (excludes halogenated alkanes) is 1. The zero-order valence-corrected chi connectivity index (χ0v) is 22.0. The average molecular weight is 537 g/mol. The molecule has 1 aliphatic heterocycles. The first kappa shape index (κ1) is 26.4. The van der Waals surface area contributed by atoms with Crippen LogP contribution in [0.15, 0.2) is 53.6 Å². The van der Waals surface area contributed by atoms with Gasteiger partial charge in [-0.1, -0.05) is 19.4 Å². The molecular weight excluding hydrogens is 506 g/mol. The predicted octanol–water partition coefficient (Wildman–Crippen LogP) is 4.92. The van der Waals surface area contributed by atoms with Crippen LogP contribution in [0, 0.1) is 11.6 Å². The van der Waals surface area contributed by atoms with Gasteiger partial charge in [-0.2, -0.15) is 0 Å². The van der Waals surface area contributed by atoms with Gasteiger partial charge in [0.15, 0.2) is 5.82 Å². The molecule has 0 unspecified atom stereocenters.